The Kier molecular flexibility index (Phi) is 5.60. The Bertz CT molecular complexity index is 1320. The molecule has 4 rings (SSSR count). The van der Waals surface area contributed by atoms with Gasteiger partial charge in [0.1, 0.15) is 11.4 Å². The minimum atomic E-state index is -4.69. The highest BCUT2D eigenvalue weighted by Crippen LogP contribution is 2.39. The van der Waals surface area contributed by atoms with E-state index in [1.54, 1.807) is 0 Å². The van der Waals surface area contributed by atoms with Gasteiger partial charge in [-0.3, -0.25) is 0 Å². The van der Waals surface area contributed by atoms with Gasteiger partial charge in [-0.2, -0.15) is 13.2 Å². The van der Waals surface area contributed by atoms with Gasteiger partial charge in [0.25, 0.3) is 0 Å². The molecule has 5 nitrogen and oxygen atoms in total. The molecule has 0 amide bonds. The summed E-state index contributed by atoms with van der Waals surface area (Å²) in [6.45, 7) is 3.98. The lowest BCUT2D eigenvalue weighted by Gasteiger charge is -2.10. The summed E-state index contributed by atoms with van der Waals surface area (Å²) in [5, 5.41) is 14.7. The van der Waals surface area contributed by atoms with Crippen molar-refractivity contribution in [3.8, 4) is 10.4 Å². The van der Waals surface area contributed by atoms with E-state index in [-0.39, 0.29) is 11.7 Å². The number of nitrogens with zero attached hydrogens (tertiary/aromatic N) is 2. The largest absolute Gasteiger partial charge is 0.478 e. The Morgan fingerprint density at radius 3 is 2.47 bits per heavy atom. The number of aromatic nitrogens is 2. The molecular weight excluding hydrogens is 439 g/mol. The third-order valence-corrected chi connectivity index (χ3v) is 5.92. The number of anilines is 2. The van der Waals surface area contributed by atoms with Gasteiger partial charge in [-0.25, -0.2) is 14.8 Å². The average Bonchev–Trinajstić information content (AvgIpc) is 3.17. The number of aromatic carboxylic acids is 1. The van der Waals surface area contributed by atoms with Crippen molar-refractivity contribution in [3.63, 3.8) is 0 Å². The van der Waals surface area contributed by atoms with Crippen LogP contribution in [0.2, 0.25) is 0 Å². The molecule has 0 fully saturated rings. The molecule has 32 heavy (non-hydrogen) atoms. The molecule has 164 valence electrons. The number of halogens is 3. The van der Waals surface area contributed by atoms with E-state index in [0.717, 1.165) is 26.9 Å². The third kappa shape index (κ3) is 4.29. The Morgan fingerprint density at radius 1 is 1.09 bits per heavy atom. The molecule has 4 aromatic rings. The summed E-state index contributed by atoms with van der Waals surface area (Å²) in [7, 11) is 0. The van der Waals surface area contributed by atoms with Gasteiger partial charge < -0.3 is 10.4 Å². The molecule has 0 aliphatic heterocycles. The van der Waals surface area contributed by atoms with Gasteiger partial charge in [0.2, 0.25) is 0 Å². The number of fused-ring (bicyclic) bond motifs is 1. The van der Waals surface area contributed by atoms with Crippen LogP contribution in [0.5, 0.6) is 0 Å². The van der Waals surface area contributed by atoms with Gasteiger partial charge in [-0.1, -0.05) is 61.6 Å². The van der Waals surface area contributed by atoms with E-state index in [9.17, 15) is 23.1 Å². The van der Waals surface area contributed by atoms with E-state index in [1.807, 2.05) is 50.2 Å². The van der Waals surface area contributed by atoms with Crippen molar-refractivity contribution >= 4 is 39.0 Å². The van der Waals surface area contributed by atoms with E-state index in [2.05, 4.69) is 21.4 Å². The fraction of sp³-hybridized carbons (Fsp3) is 0.174. The summed E-state index contributed by atoms with van der Waals surface area (Å²) in [6, 6.07) is 14.6. The summed E-state index contributed by atoms with van der Waals surface area (Å²) >= 11 is 1.30. The SMILES string of the molecule is CC(C)c1nc(Nc2ncc(C(F)(F)F)cc2C(=O)O)sc1-c1ccc2ccccc2c1. The van der Waals surface area contributed by atoms with Gasteiger partial charge >= 0.3 is 12.1 Å². The topological polar surface area (TPSA) is 75.1 Å². The lowest BCUT2D eigenvalue weighted by atomic mass is 10.0. The van der Waals surface area contributed by atoms with Crippen molar-refractivity contribution in [2.75, 3.05) is 5.32 Å². The number of rotatable bonds is 5. The molecule has 0 bridgehead atoms. The minimum absolute atomic E-state index is 0.0720. The maximum absolute atomic E-state index is 13.0. The first kappa shape index (κ1) is 21.8. The lowest BCUT2D eigenvalue weighted by molar-refractivity contribution is -0.137. The maximum Gasteiger partial charge on any atom is 0.417 e. The van der Waals surface area contributed by atoms with Gasteiger partial charge in [0, 0.05) is 6.20 Å². The Balaban J connectivity index is 1.75. The maximum atomic E-state index is 13.0. The number of carboxylic acid groups (broad SMARTS) is 1. The summed E-state index contributed by atoms with van der Waals surface area (Å²) in [5.74, 6) is -1.64. The Hall–Kier alpha value is -3.46. The molecule has 0 saturated heterocycles. The molecule has 9 heteroatoms. The van der Waals surface area contributed by atoms with Gasteiger partial charge in [-0.05, 0) is 34.4 Å². The van der Waals surface area contributed by atoms with Crippen LogP contribution in [-0.2, 0) is 6.18 Å². The van der Waals surface area contributed by atoms with Crippen LogP contribution in [0, 0.1) is 0 Å². The van der Waals surface area contributed by atoms with Crippen molar-refractivity contribution in [2.24, 2.45) is 0 Å². The second-order valence-electron chi connectivity index (χ2n) is 7.50. The van der Waals surface area contributed by atoms with Gasteiger partial charge in [-0.15, -0.1) is 0 Å². The Labute approximate surface area is 185 Å². The van der Waals surface area contributed by atoms with Crippen LogP contribution in [0.25, 0.3) is 21.2 Å². The van der Waals surface area contributed by atoms with E-state index in [0.29, 0.717) is 17.4 Å². The number of thiazole rings is 1. The molecule has 0 saturated carbocycles. The number of pyridine rings is 1. The summed E-state index contributed by atoms with van der Waals surface area (Å²) in [4.78, 5) is 20.8. The number of hydrogen-bond acceptors (Lipinski definition) is 5. The number of carboxylic acids is 1. The van der Waals surface area contributed by atoms with Crippen LogP contribution in [0.3, 0.4) is 0 Å². The Morgan fingerprint density at radius 2 is 1.81 bits per heavy atom. The highest BCUT2D eigenvalue weighted by atomic mass is 32.1. The first-order valence-corrected chi connectivity index (χ1v) is 10.5. The first-order valence-electron chi connectivity index (χ1n) is 9.71. The predicted octanol–water partition coefficient (Wildman–Crippen LogP) is 6.94. The highest BCUT2D eigenvalue weighted by molar-refractivity contribution is 7.19. The summed E-state index contributed by atoms with van der Waals surface area (Å²) in [5.41, 5.74) is 0.0565. The molecule has 0 aliphatic rings. The number of hydrogen-bond donors (Lipinski definition) is 2. The van der Waals surface area contributed by atoms with Crippen LogP contribution in [0.15, 0.2) is 54.7 Å². The smallest absolute Gasteiger partial charge is 0.417 e. The quantitative estimate of drug-likeness (QED) is 0.339. The number of carbonyl (C=O) groups is 1. The standard InChI is InChI=1S/C23H18F3N3O2S/c1-12(2)18-19(15-8-7-13-5-3-4-6-14(13)9-15)32-22(28-18)29-20-17(21(30)31)10-16(11-27-20)23(24,25)26/h3-12H,1-2H3,(H,30,31)(H,27,28,29). The average molecular weight is 457 g/mol. The first-order chi connectivity index (χ1) is 15.1. The molecule has 2 aromatic heterocycles. The van der Waals surface area contributed by atoms with E-state index in [1.165, 1.54) is 11.3 Å². The van der Waals surface area contributed by atoms with Crippen LogP contribution in [0.1, 0.15) is 41.4 Å². The fourth-order valence-electron chi connectivity index (χ4n) is 3.30. The second-order valence-corrected chi connectivity index (χ2v) is 8.50. The molecule has 0 atom stereocenters. The van der Waals surface area contributed by atoms with Gasteiger partial charge in [0.15, 0.2) is 5.13 Å². The zero-order valence-corrected chi connectivity index (χ0v) is 17.9. The summed E-state index contributed by atoms with van der Waals surface area (Å²) < 4.78 is 38.9. The molecule has 2 N–H and O–H groups in total. The zero-order valence-electron chi connectivity index (χ0n) is 17.1. The van der Waals surface area contributed by atoms with E-state index >= 15 is 0 Å². The van der Waals surface area contributed by atoms with Crippen molar-refractivity contribution < 1.29 is 23.1 Å². The molecule has 0 aliphatic carbocycles. The van der Waals surface area contributed by atoms with Crippen molar-refractivity contribution in [1.29, 1.82) is 0 Å². The van der Waals surface area contributed by atoms with Crippen molar-refractivity contribution in [3.05, 3.63) is 71.5 Å². The van der Waals surface area contributed by atoms with E-state index < -0.39 is 23.3 Å². The third-order valence-electron chi connectivity index (χ3n) is 4.88. The molecule has 0 unspecified atom stereocenters. The number of benzene rings is 2. The molecule has 2 heterocycles. The van der Waals surface area contributed by atoms with Crippen molar-refractivity contribution in [1.82, 2.24) is 9.97 Å². The van der Waals surface area contributed by atoms with E-state index in [4.69, 9.17) is 0 Å². The zero-order chi connectivity index (χ0) is 23.0. The minimum Gasteiger partial charge on any atom is -0.478 e. The predicted molar refractivity (Wildman–Crippen MR) is 119 cm³/mol. The lowest BCUT2D eigenvalue weighted by Crippen LogP contribution is -2.11. The van der Waals surface area contributed by atoms with Crippen LogP contribution >= 0.6 is 11.3 Å². The molecule has 2 aromatic carbocycles. The number of nitrogens with one attached hydrogen (secondary N) is 1. The fourth-order valence-corrected chi connectivity index (χ4v) is 4.41. The normalized spacial score (nSPS) is 11.8. The number of alkyl halides is 3. The van der Waals surface area contributed by atoms with Crippen LogP contribution in [-0.4, -0.2) is 21.0 Å². The van der Waals surface area contributed by atoms with Crippen LogP contribution < -0.4 is 5.32 Å². The highest BCUT2D eigenvalue weighted by Gasteiger charge is 2.32. The molecule has 0 spiro atoms. The van der Waals surface area contributed by atoms with Gasteiger partial charge in [0.05, 0.1) is 16.1 Å². The molecule has 0 radical (unpaired) electrons. The summed E-state index contributed by atoms with van der Waals surface area (Å²) in [6.07, 6.45) is -4.08. The molecular formula is C23H18F3N3O2S. The van der Waals surface area contributed by atoms with Crippen molar-refractivity contribution in [2.45, 2.75) is 25.9 Å². The monoisotopic (exact) mass is 457 g/mol. The second kappa shape index (κ2) is 8.23. The van der Waals surface area contributed by atoms with Crippen LogP contribution in [0.4, 0.5) is 24.1 Å².